The summed E-state index contributed by atoms with van der Waals surface area (Å²) in [5, 5.41) is 6.97. The predicted molar refractivity (Wildman–Crippen MR) is 84.7 cm³/mol. The zero-order valence-corrected chi connectivity index (χ0v) is 13.5. The van der Waals surface area contributed by atoms with Crippen LogP contribution in [-0.4, -0.2) is 38.4 Å². The molecule has 0 spiro atoms. The number of thioether (sulfide) groups is 1. The van der Waals surface area contributed by atoms with Crippen molar-refractivity contribution in [2.45, 2.75) is 30.6 Å². The topological polar surface area (TPSA) is 71.0 Å². The van der Waals surface area contributed by atoms with E-state index in [2.05, 4.69) is 10.2 Å². The molecule has 8 heteroatoms. The average Bonchev–Trinajstić information content (AvgIpc) is 3.30. The molecule has 1 aromatic carbocycles. The highest BCUT2D eigenvalue weighted by Gasteiger charge is 2.28. The standard InChI is InChI=1S/C15H17FN4O2S/c1-19(8-10-2-4-11(16)5-3-10)13(21)9-23-15-18-17-14(22)20(15)12-6-7-12/h2-5,12H,6-9H2,1H3,(H,17,22). The molecule has 0 radical (unpaired) electrons. The highest BCUT2D eigenvalue weighted by Crippen LogP contribution is 2.36. The summed E-state index contributed by atoms with van der Waals surface area (Å²) in [4.78, 5) is 25.4. The summed E-state index contributed by atoms with van der Waals surface area (Å²) in [6.07, 6.45) is 1.96. The molecule has 0 bridgehead atoms. The van der Waals surface area contributed by atoms with Crippen molar-refractivity contribution >= 4 is 17.7 Å². The molecule has 0 saturated heterocycles. The summed E-state index contributed by atoms with van der Waals surface area (Å²) in [7, 11) is 1.70. The normalized spacial score (nSPS) is 14.0. The molecule has 3 rings (SSSR count). The summed E-state index contributed by atoms with van der Waals surface area (Å²) in [6, 6.07) is 6.28. The third-order valence-electron chi connectivity index (χ3n) is 3.67. The molecule has 1 aliphatic rings. The molecule has 1 aromatic heterocycles. The number of hydrogen-bond acceptors (Lipinski definition) is 4. The Morgan fingerprint density at radius 3 is 2.78 bits per heavy atom. The molecule has 23 heavy (non-hydrogen) atoms. The van der Waals surface area contributed by atoms with Crippen molar-refractivity contribution in [3.8, 4) is 0 Å². The van der Waals surface area contributed by atoms with Gasteiger partial charge in [-0.3, -0.25) is 9.36 Å². The Kier molecular flexibility index (Phi) is 4.51. The predicted octanol–water partition coefficient (Wildman–Crippen LogP) is 1.80. The minimum absolute atomic E-state index is 0.0721. The molecule has 6 nitrogen and oxygen atoms in total. The van der Waals surface area contributed by atoms with Crippen LogP contribution in [0, 0.1) is 5.82 Å². The summed E-state index contributed by atoms with van der Waals surface area (Å²) in [6.45, 7) is 0.412. The van der Waals surface area contributed by atoms with E-state index in [1.54, 1.807) is 28.6 Å². The minimum Gasteiger partial charge on any atom is -0.341 e. The number of aromatic amines is 1. The molecule has 1 N–H and O–H groups in total. The van der Waals surface area contributed by atoms with E-state index in [0.717, 1.165) is 18.4 Å². The van der Waals surface area contributed by atoms with Crippen LogP contribution >= 0.6 is 11.8 Å². The van der Waals surface area contributed by atoms with E-state index in [0.29, 0.717) is 11.7 Å². The van der Waals surface area contributed by atoms with Gasteiger partial charge in [0.2, 0.25) is 5.91 Å². The zero-order valence-electron chi connectivity index (χ0n) is 12.7. The number of carbonyl (C=O) groups excluding carboxylic acids is 1. The lowest BCUT2D eigenvalue weighted by Crippen LogP contribution is -2.28. The Labute approximate surface area is 136 Å². The lowest BCUT2D eigenvalue weighted by atomic mass is 10.2. The largest absolute Gasteiger partial charge is 0.344 e. The fourth-order valence-corrected chi connectivity index (χ4v) is 3.19. The minimum atomic E-state index is -0.296. The molecule has 0 atom stereocenters. The van der Waals surface area contributed by atoms with E-state index in [1.807, 2.05) is 0 Å². The van der Waals surface area contributed by atoms with Crippen LogP contribution in [0.1, 0.15) is 24.4 Å². The monoisotopic (exact) mass is 336 g/mol. The molecule has 1 amide bonds. The Morgan fingerprint density at radius 1 is 1.43 bits per heavy atom. The Morgan fingerprint density at radius 2 is 2.13 bits per heavy atom. The average molecular weight is 336 g/mol. The van der Waals surface area contributed by atoms with E-state index in [1.165, 1.54) is 23.9 Å². The van der Waals surface area contributed by atoms with Crippen molar-refractivity contribution in [2.24, 2.45) is 0 Å². The van der Waals surface area contributed by atoms with Crippen LogP contribution in [0.2, 0.25) is 0 Å². The summed E-state index contributed by atoms with van der Waals surface area (Å²) in [5.74, 6) is -0.165. The zero-order chi connectivity index (χ0) is 16.4. The van der Waals surface area contributed by atoms with Gasteiger partial charge in [-0.2, -0.15) is 0 Å². The van der Waals surface area contributed by atoms with Crippen molar-refractivity contribution in [3.05, 3.63) is 46.1 Å². The third-order valence-corrected chi connectivity index (χ3v) is 4.61. The molecular weight excluding hydrogens is 319 g/mol. The number of amides is 1. The third kappa shape index (κ3) is 3.82. The molecule has 1 fully saturated rings. The van der Waals surface area contributed by atoms with E-state index in [9.17, 15) is 14.0 Å². The van der Waals surface area contributed by atoms with Crippen molar-refractivity contribution in [1.82, 2.24) is 19.7 Å². The summed E-state index contributed by atoms with van der Waals surface area (Å²) in [5.41, 5.74) is 0.643. The molecule has 0 aliphatic heterocycles. The van der Waals surface area contributed by atoms with Crippen LogP contribution in [0.25, 0.3) is 0 Å². The van der Waals surface area contributed by atoms with E-state index in [4.69, 9.17) is 0 Å². The molecule has 2 aromatic rings. The number of rotatable bonds is 6. The highest BCUT2D eigenvalue weighted by atomic mass is 32.2. The Balaban J connectivity index is 1.56. The second kappa shape index (κ2) is 6.57. The maximum Gasteiger partial charge on any atom is 0.344 e. The maximum atomic E-state index is 12.9. The van der Waals surface area contributed by atoms with Crippen molar-refractivity contribution < 1.29 is 9.18 Å². The van der Waals surface area contributed by atoms with Crippen LogP contribution < -0.4 is 5.69 Å². The molecule has 0 unspecified atom stereocenters. The second-order valence-electron chi connectivity index (χ2n) is 5.58. The van der Waals surface area contributed by atoms with E-state index >= 15 is 0 Å². The Bertz CT molecular complexity index is 752. The van der Waals surface area contributed by atoms with E-state index in [-0.39, 0.29) is 29.2 Å². The number of halogens is 1. The lowest BCUT2D eigenvalue weighted by Gasteiger charge is -2.17. The number of benzene rings is 1. The van der Waals surface area contributed by atoms with Gasteiger partial charge in [0.05, 0.1) is 5.75 Å². The number of aromatic nitrogens is 3. The van der Waals surface area contributed by atoms with Crippen molar-refractivity contribution in [1.29, 1.82) is 0 Å². The summed E-state index contributed by atoms with van der Waals surface area (Å²) < 4.78 is 14.5. The van der Waals surface area contributed by atoms with Crippen LogP contribution in [-0.2, 0) is 11.3 Å². The van der Waals surface area contributed by atoms with Gasteiger partial charge in [-0.15, -0.1) is 5.10 Å². The van der Waals surface area contributed by atoms with Gasteiger partial charge in [0, 0.05) is 19.6 Å². The number of nitrogens with zero attached hydrogens (tertiary/aromatic N) is 3. The first-order valence-electron chi connectivity index (χ1n) is 7.32. The van der Waals surface area contributed by atoms with Gasteiger partial charge in [0.1, 0.15) is 5.82 Å². The highest BCUT2D eigenvalue weighted by molar-refractivity contribution is 7.99. The number of nitrogens with one attached hydrogen (secondary N) is 1. The summed E-state index contributed by atoms with van der Waals surface area (Å²) >= 11 is 1.26. The number of hydrogen-bond donors (Lipinski definition) is 1. The fraction of sp³-hybridized carbons (Fsp3) is 0.400. The first-order chi connectivity index (χ1) is 11.0. The van der Waals surface area contributed by atoms with Gasteiger partial charge < -0.3 is 4.90 Å². The first-order valence-corrected chi connectivity index (χ1v) is 8.31. The van der Waals surface area contributed by atoms with Gasteiger partial charge in [-0.25, -0.2) is 14.3 Å². The van der Waals surface area contributed by atoms with Crippen molar-refractivity contribution in [2.75, 3.05) is 12.8 Å². The lowest BCUT2D eigenvalue weighted by molar-refractivity contribution is -0.127. The maximum absolute atomic E-state index is 12.9. The molecule has 1 aliphatic carbocycles. The smallest absolute Gasteiger partial charge is 0.341 e. The van der Waals surface area contributed by atoms with Crippen LogP contribution in [0.4, 0.5) is 4.39 Å². The quantitative estimate of drug-likeness (QED) is 0.817. The Hall–Kier alpha value is -2.09. The van der Waals surface area contributed by atoms with Gasteiger partial charge in [-0.1, -0.05) is 23.9 Å². The molecule has 1 heterocycles. The van der Waals surface area contributed by atoms with Gasteiger partial charge >= 0.3 is 5.69 Å². The SMILES string of the molecule is CN(Cc1ccc(F)cc1)C(=O)CSc1n[nH]c(=O)n1C1CC1. The molecule has 122 valence electrons. The van der Waals surface area contributed by atoms with E-state index < -0.39 is 0 Å². The number of H-pyrrole nitrogens is 1. The van der Waals surface area contributed by atoms with Gasteiger partial charge in [-0.05, 0) is 30.5 Å². The van der Waals surface area contributed by atoms with Crippen LogP contribution in [0.15, 0.2) is 34.2 Å². The van der Waals surface area contributed by atoms with Gasteiger partial charge in [0.15, 0.2) is 5.16 Å². The fourth-order valence-electron chi connectivity index (χ4n) is 2.24. The van der Waals surface area contributed by atoms with Crippen LogP contribution in [0.3, 0.4) is 0 Å². The van der Waals surface area contributed by atoms with Crippen molar-refractivity contribution in [3.63, 3.8) is 0 Å². The second-order valence-corrected chi connectivity index (χ2v) is 6.52. The van der Waals surface area contributed by atoms with Crippen LogP contribution in [0.5, 0.6) is 0 Å². The number of carbonyl (C=O) groups is 1. The molecular formula is C15H17FN4O2S. The van der Waals surface area contributed by atoms with Gasteiger partial charge in [0.25, 0.3) is 0 Å². The first kappa shape index (κ1) is 15.8. The molecule has 1 saturated carbocycles.